The number of aryl methyl sites for hydroxylation is 1. The van der Waals surface area contributed by atoms with E-state index in [-0.39, 0.29) is 17.2 Å². The van der Waals surface area contributed by atoms with Crippen LogP contribution in [0, 0.1) is 0 Å². The lowest BCUT2D eigenvalue weighted by molar-refractivity contribution is 0.401. The third-order valence-electron chi connectivity index (χ3n) is 2.97. The molecule has 0 aliphatic carbocycles. The van der Waals surface area contributed by atoms with E-state index in [1.54, 1.807) is 36.1 Å². The molecule has 0 amide bonds. The topological polar surface area (TPSA) is 99.2 Å². The van der Waals surface area contributed by atoms with Gasteiger partial charge in [0.15, 0.2) is 0 Å². The van der Waals surface area contributed by atoms with Crippen LogP contribution in [0.2, 0.25) is 0 Å². The Balaban J connectivity index is 2.22. The summed E-state index contributed by atoms with van der Waals surface area (Å²) in [6.07, 6.45) is 1.75. The molecule has 0 aliphatic heterocycles. The van der Waals surface area contributed by atoms with Crippen LogP contribution in [0.5, 0.6) is 5.75 Å². The minimum Gasteiger partial charge on any atom is -0.495 e. The minimum atomic E-state index is -3.68. The van der Waals surface area contributed by atoms with Crippen molar-refractivity contribution in [2.45, 2.75) is 18.0 Å². The first-order valence-electron chi connectivity index (χ1n) is 6.31. The number of hydrogen-bond acceptors (Lipinski definition) is 5. The van der Waals surface area contributed by atoms with E-state index in [2.05, 4.69) is 9.82 Å². The van der Waals surface area contributed by atoms with Crippen molar-refractivity contribution in [3.8, 4) is 5.75 Å². The highest BCUT2D eigenvalue weighted by molar-refractivity contribution is 7.89. The van der Waals surface area contributed by atoms with Crippen molar-refractivity contribution in [3.63, 3.8) is 0 Å². The van der Waals surface area contributed by atoms with Crippen LogP contribution in [0.25, 0.3) is 0 Å². The number of aromatic nitrogens is 2. The molecule has 0 fully saturated rings. The number of nitrogens with two attached hydrogens (primary N) is 1. The highest BCUT2D eigenvalue weighted by Gasteiger charge is 2.19. The largest absolute Gasteiger partial charge is 0.495 e. The molecule has 0 aliphatic rings. The number of hydrogen-bond donors (Lipinski definition) is 2. The quantitative estimate of drug-likeness (QED) is 0.803. The van der Waals surface area contributed by atoms with E-state index in [1.165, 1.54) is 13.2 Å². The molecule has 1 aromatic carbocycles. The Kier molecular flexibility index (Phi) is 4.61. The molecular formula is C13H18N4O3S. The summed E-state index contributed by atoms with van der Waals surface area (Å²) in [6.45, 7) is 0.434. The maximum atomic E-state index is 12.3. The van der Waals surface area contributed by atoms with E-state index in [4.69, 9.17) is 10.5 Å². The van der Waals surface area contributed by atoms with Crippen molar-refractivity contribution in [1.82, 2.24) is 14.5 Å². The minimum absolute atomic E-state index is 0.0816. The standard InChI is InChI=1S/C13H18N4O3S/c1-17-6-5-11(16-17)9-15-21(18,19)13-4-3-10(8-14)7-12(13)20-2/h3-7,15H,8-9,14H2,1-2H3. The zero-order chi connectivity index (χ0) is 15.5. The Labute approximate surface area is 123 Å². The van der Waals surface area contributed by atoms with Crippen molar-refractivity contribution in [1.29, 1.82) is 0 Å². The maximum absolute atomic E-state index is 12.3. The first-order chi connectivity index (χ1) is 9.96. The van der Waals surface area contributed by atoms with Crippen LogP contribution >= 0.6 is 0 Å². The SMILES string of the molecule is COc1cc(CN)ccc1S(=O)(=O)NCc1ccn(C)n1. The number of ether oxygens (including phenoxy) is 1. The Morgan fingerprint density at radius 1 is 1.38 bits per heavy atom. The average Bonchev–Trinajstić information content (AvgIpc) is 2.90. The predicted molar refractivity (Wildman–Crippen MR) is 78.1 cm³/mol. The molecule has 21 heavy (non-hydrogen) atoms. The van der Waals surface area contributed by atoms with E-state index in [1.807, 2.05) is 0 Å². The molecule has 0 radical (unpaired) electrons. The predicted octanol–water partition coefficient (Wildman–Crippen LogP) is 0.366. The molecule has 8 heteroatoms. The summed E-state index contributed by atoms with van der Waals surface area (Å²) in [6, 6.07) is 6.52. The Bertz CT molecular complexity index is 725. The fourth-order valence-electron chi connectivity index (χ4n) is 1.87. The van der Waals surface area contributed by atoms with Gasteiger partial charge in [0.05, 0.1) is 19.3 Å². The lowest BCUT2D eigenvalue weighted by Gasteiger charge is -2.11. The van der Waals surface area contributed by atoms with Gasteiger partial charge >= 0.3 is 0 Å². The molecule has 2 aromatic rings. The van der Waals surface area contributed by atoms with E-state index in [9.17, 15) is 8.42 Å². The summed E-state index contributed by atoms with van der Waals surface area (Å²) in [4.78, 5) is 0.0816. The van der Waals surface area contributed by atoms with Crippen LogP contribution in [0.4, 0.5) is 0 Å². The summed E-state index contributed by atoms with van der Waals surface area (Å²) < 4.78 is 33.9. The third-order valence-corrected chi connectivity index (χ3v) is 4.41. The fraction of sp³-hybridized carbons (Fsp3) is 0.308. The smallest absolute Gasteiger partial charge is 0.244 e. The van der Waals surface area contributed by atoms with Gasteiger partial charge in [-0.1, -0.05) is 6.07 Å². The molecule has 1 aromatic heterocycles. The summed E-state index contributed by atoms with van der Waals surface area (Å²) in [5, 5.41) is 4.12. The van der Waals surface area contributed by atoms with E-state index >= 15 is 0 Å². The number of rotatable bonds is 6. The van der Waals surface area contributed by atoms with Crippen LogP contribution in [0.3, 0.4) is 0 Å². The fourth-order valence-corrected chi connectivity index (χ4v) is 3.01. The normalized spacial score (nSPS) is 11.6. The molecular weight excluding hydrogens is 292 g/mol. The highest BCUT2D eigenvalue weighted by Crippen LogP contribution is 2.24. The summed E-state index contributed by atoms with van der Waals surface area (Å²) in [5.74, 6) is 0.270. The van der Waals surface area contributed by atoms with Gasteiger partial charge in [-0.3, -0.25) is 4.68 Å². The summed E-state index contributed by atoms with van der Waals surface area (Å²) >= 11 is 0. The zero-order valence-corrected chi connectivity index (χ0v) is 12.7. The van der Waals surface area contributed by atoms with Gasteiger partial charge in [-0.2, -0.15) is 5.10 Å². The molecule has 0 unspecified atom stereocenters. The van der Waals surface area contributed by atoms with E-state index < -0.39 is 10.0 Å². The van der Waals surface area contributed by atoms with Gasteiger partial charge in [0.25, 0.3) is 0 Å². The summed E-state index contributed by atoms with van der Waals surface area (Å²) in [7, 11) is -0.488. The molecule has 3 N–H and O–H groups in total. The molecule has 7 nitrogen and oxygen atoms in total. The molecule has 0 saturated heterocycles. The van der Waals surface area contributed by atoms with Crippen LogP contribution in [-0.4, -0.2) is 25.3 Å². The van der Waals surface area contributed by atoms with Gasteiger partial charge in [-0.25, -0.2) is 13.1 Å². The van der Waals surface area contributed by atoms with Gasteiger partial charge < -0.3 is 10.5 Å². The number of benzene rings is 1. The lowest BCUT2D eigenvalue weighted by Crippen LogP contribution is -2.24. The van der Waals surface area contributed by atoms with E-state index in [0.717, 1.165) is 5.56 Å². The Hall–Kier alpha value is -1.90. The monoisotopic (exact) mass is 310 g/mol. The second-order valence-corrected chi connectivity index (χ2v) is 6.23. The van der Waals surface area contributed by atoms with Crippen LogP contribution in [0.1, 0.15) is 11.3 Å². The van der Waals surface area contributed by atoms with Crippen LogP contribution in [-0.2, 0) is 30.2 Å². The van der Waals surface area contributed by atoms with Crippen molar-refractivity contribution >= 4 is 10.0 Å². The molecule has 1 heterocycles. The second-order valence-electron chi connectivity index (χ2n) is 4.49. The number of methoxy groups -OCH3 is 1. The first kappa shape index (κ1) is 15.5. The molecule has 114 valence electrons. The van der Waals surface area contributed by atoms with Crippen molar-refractivity contribution < 1.29 is 13.2 Å². The lowest BCUT2D eigenvalue weighted by atomic mass is 10.2. The number of nitrogens with one attached hydrogen (secondary N) is 1. The summed E-state index contributed by atoms with van der Waals surface area (Å²) in [5.41, 5.74) is 6.98. The first-order valence-corrected chi connectivity index (χ1v) is 7.80. The molecule has 0 bridgehead atoms. The third kappa shape index (κ3) is 3.60. The molecule has 0 saturated carbocycles. The number of sulfonamides is 1. The molecule has 0 spiro atoms. The van der Waals surface area contributed by atoms with Crippen LogP contribution < -0.4 is 15.2 Å². The van der Waals surface area contributed by atoms with Gasteiger partial charge in [-0.05, 0) is 23.8 Å². The Morgan fingerprint density at radius 3 is 2.71 bits per heavy atom. The molecule has 0 atom stereocenters. The zero-order valence-electron chi connectivity index (χ0n) is 11.9. The Morgan fingerprint density at radius 2 is 2.14 bits per heavy atom. The second kappa shape index (κ2) is 6.25. The van der Waals surface area contributed by atoms with Crippen LogP contribution in [0.15, 0.2) is 35.4 Å². The maximum Gasteiger partial charge on any atom is 0.244 e. The van der Waals surface area contributed by atoms with Gasteiger partial charge in [0.2, 0.25) is 10.0 Å². The van der Waals surface area contributed by atoms with Crippen molar-refractivity contribution in [2.24, 2.45) is 12.8 Å². The number of nitrogens with zero attached hydrogens (tertiary/aromatic N) is 2. The highest BCUT2D eigenvalue weighted by atomic mass is 32.2. The van der Waals surface area contributed by atoms with Crippen molar-refractivity contribution in [3.05, 3.63) is 41.7 Å². The van der Waals surface area contributed by atoms with Gasteiger partial charge in [0.1, 0.15) is 10.6 Å². The van der Waals surface area contributed by atoms with Gasteiger partial charge in [-0.15, -0.1) is 0 Å². The van der Waals surface area contributed by atoms with Gasteiger partial charge in [0, 0.05) is 19.8 Å². The average molecular weight is 310 g/mol. The molecule has 2 rings (SSSR count). The van der Waals surface area contributed by atoms with Crippen molar-refractivity contribution in [2.75, 3.05) is 7.11 Å². The van der Waals surface area contributed by atoms with E-state index in [0.29, 0.717) is 12.2 Å².